The number of fused-ring (bicyclic) bond motifs is 1. The van der Waals surface area contributed by atoms with Crippen LogP contribution in [0.4, 0.5) is 0 Å². The van der Waals surface area contributed by atoms with E-state index >= 15 is 0 Å². The van der Waals surface area contributed by atoms with Crippen molar-refractivity contribution in [1.82, 2.24) is 10.6 Å². The van der Waals surface area contributed by atoms with Crippen LogP contribution in [0.3, 0.4) is 0 Å². The summed E-state index contributed by atoms with van der Waals surface area (Å²) < 4.78 is 5.63. The van der Waals surface area contributed by atoms with Gasteiger partial charge < -0.3 is 15.4 Å². The fourth-order valence-corrected chi connectivity index (χ4v) is 2.40. The first-order valence-corrected chi connectivity index (χ1v) is 7.56. The van der Waals surface area contributed by atoms with Gasteiger partial charge in [0.1, 0.15) is 5.75 Å². The maximum atomic E-state index is 5.63. The molecule has 0 spiro atoms. The normalized spacial score (nSPS) is 13.9. The van der Waals surface area contributed by atoms with Crippen LogP contribution >= 0.6 is 0 Å². The first-order valence-electron chi connectivity index (χ1n) is 7.56. The molecular weight excluding hydrogens is 236 g/mol. The predicted octanol–water partition coefficient (Wildman–Crippen LogP) is 2.49. The molecule has 0 aromatic heterocycles. The molecule has 19 heavy (non-hydrogen) atoms. The van der Waals surface area contributed by atoms with E-state index in [1.807, 2.05) is 0 Å². The summed E-state index contributed by atoms with van der Waals surface area (Å²) in [5.41, 5.74) is 2.74. The molecule has 0 amide bonds. The number of nitrogens with one attached hydrogen (secondary N) is 2. The molecule has 0 aliphatic carbocycles. The Bertz CT molecular complexity index is 379. The second-order valence-corrected chi connectivity index (χ2v) is 5.17. The highest BCUT2D eigenvalue weighted by Crippen LogP contribution is 2.25. The van der Waals surface area contributed by atoms with Crippen molar-refractivity contribution in [2.75, 3.05) is 26.2 Å². The van der Waals surface area contributed by atoms with E-state index < -0.39 is 0 Å². The highest BCUT2D eigenvalue weighted by molar-refractivity contribution is 5.38. The fourth-order valence-electron chi connectivity index (χ4n) is 2.40. The van der Waals surface area contributed by atoms with E-state index in [2.05, 4.69) is 35.8 Å². The molecule has 1 aromatic rings. The maximum Gasteiger partial charge on any atom is 0.122 e. The molecule has 106 valence electrons. The molecule has 0 saturated carbocycles. The van der Waals surface area contributed by atoms with E-state index in [9.17, 15) is 0 Å². The summed E-state index contributed by atoms with van der Waals surface area (Å²) >= 11 is 0. The van der Waals surface area contributed by atoms with Crippen molar-refractivity contribution in [2.45, 2.75) is 39.2 Å². The van der Waals surface area contributed by atoms with Gasteiger partial charge in [-0.15, -0.1) is 0 Å². The molecule has 0 saturated heterocycles. The Morgan fingerprint density at radius 2 is 2.05 bits per heavy atom. The monoisotopic (exact) mass is 262 g/mol. The molecule has 0 atom stereocenters. The lowest BCUT2D eigenvalue weighted by molar-refractivity contribution is 0.288. The maximum absolute atomic E-state index is 5.63. The number of aryl methyl sites for hydroxylation is 1. The Labute approximate surface area is 116 Å². The standard InChI is InChI=1S/C16H26N2O/c1-2-8-17-9-4-10-18-13-14-6-7-16-15(12-14)5-3-11-19-16/h6-7,12,17-18H,2-5,8-11,13H2,1H3. The quantitative estimate of drug-likeness (QED) is 0.706. The first kappa shape index (κ1) is 14.4. The van der Waals surface area contributed by atoms with Gasteiger partial charge >= 0.3 is 0 Å². The predicted molar refractivity (Wildman–Crippen MR) is 79.7 cm³/mol. The number of benzene rings is 1. The van der Waals surface area contributed by atoms with Gasteiger partial charge in [0.15, 0.2) is 0 Å². The van der Waals surface area contributed by atoms with Crippen molar-refractivity contribution < 1.29 is 4.74 Å². The van der Waals surface area contributed by atoms with Gasteiger partial charge in [-0.1, -0.05) is 19.1 Å². The van der Waals surface area contributed by atoms with Gasteiger partial charge in [-0.25, -0.2) is 0 Å². The van der Waals surface area contributed by atoms with Crippen molar-refractivity contribution in [3.8, 4) is 5.75 Å². The third-order valence-corrected chi connectivity index (χ3v) is 3.44. The van der Waals surface area contributed by atoms with Crippen LogP contribution in [0.5, 0.6) is 5.75 Å². The van der Waals surface area contributed by atoms with Crippen molar-refractivity contribution in [2.24, 2.45) is 0 Å². The van der Waals surface area contributed by atoms with Gasteiger partial charge in [0, 0.05) is 6.54 Å². The third kappa shape index (κ3) is 4.84. The fraction of sp³-hybridized carbons (Fsp3) is 0.625. The molecule has 0 fully saturated rings. The molecule has 1 aliphatic heterocycles. The second-order valence-electron chi connectivity index (χ2n) is 5.17. The first-order chi connectivity index (χ1) is 9.40. The number of hydrogen-bond donors (Lipinski definition) is 2. The number of rotatable bonds is 8. The average molecular weight is 262 g/mol. The molecule has 0 bridgehead atoms. The largest absolute Gasteiger partial charge is 0.493 e. The van der Waals surface area contributed by atoms with Gasteiger partial charge in [-0.2, -0.15) is 0 Å². The van der Waals surface area contributed by atoms with E-state index in [4.69, 9.17) is 4.74 Å². The molecule has 3 nitrogen and oxygen atoms in total. The molecule has 2 rings (SSSR count). The summed E-state index contributed by atoms with van der Waals surface area (Å²) in [4.78, 5) is 0. The van der Waals surface area contributed by atoms with Gasteiger partial charge in [0.05, 0.1) is 6.61 Å². The van der Waals surface area contributed by atoms with Crippen LogP contribution in [0, 0.1) is 0 Å². The topological polar surface area (TPSA) is 33.3 Å². The van der Waals surface area contributed by atoms with Gasteiger partial charge in [0.2, 0.25) is 0 Å². The molecular formula is C16H26N2O. The van der Waals surface area contributed by atoms with E-state index in [1.165, 1.54) is 24.0 Å². The van der Waals surface area contributed by atoms with Crippen molar-refractivity contribution in [1.29, 1.82) is 0 Å². The third-order valence-electron chi connectivity index (χ3n) is 3.44. The Hall–Kier alpha value is -1.06. The van der Waals surface area contributed by atoms with Gasteiger partial charge in [0.25, 0.3) is 0 Å². The van der Waals surface area contributed by atoms with Gasteiger partial charge in [-0.05, 0) is 62.5 Å². The Morgan fingerprint density at radius 1 is 1.16 bits per heavy atom. The van der Waals surface area contributed by atoms with Crippen LogP contribution in [0.25, 0.3) is 0 Å². The smallest absolute Gasteiger partial charge is 0.122 e. The molecule has 1 aliphatic rings. The van der Waals surface area contributed by atoms with Crippen molar-refractivity contribution in [3.05, 3.63) is 29.3 Å². The highest BCUT2D eigenvalue weighted by Gasteiger charge is 2.09. The van der Waals surface area contributed by atoms with Crippen LogP contribution in [0.1, 0.15) is 37.3 Å². The minimum atomic E-state index is 0.870. The lowest BCUT2D eigenvalue weighted by Gasteiger charge is -2.18. The summed E-state index contributed by atoms with van der Waals surface area (Å²) in [6.07, 6.45) is 4.70. The molecule has 0 unspecified atom stereocenters. The van der Waals surface area contributed by atoms with E-state index in [1.54, 1.807) is 0 Å². The van der Waals surface area contributed by atoms with Crippen LogP contribution in [0.2, 0.25) is 0 Å². The summed E-state index contributed by atoms with van der Waals surface area (Å²) in [5, 5.41) is 6.92. The van der Waals surface area contributed by atoms with E-state index in [0.717, 1.165) is 51.4 Å². The molecule has 0 radical (unpaired) electrons. The summed E-state index contributed by atoms with van der Waals surface area (Å²) in [6.45, 7) is 7.34. The number of ether oxygens (including phenoxy) is 1. The molecule has 2 N–H and O–H groups in total. The molecule has 3 heteroatoms. The average Bonchev–Trinajstić information content (AvgIpc) is 2.46. The van der Waals surface area contributed by atoms with Crippen LogP contribution < -0.4 is 15.4 Å². The minimum Gasteiger partial charge on any atom is -0.493 e. The zero-order chi connectivity index (χ0) is 13.3. The summed E-state index contributed by atoms with van der Waals surface area (Å²) in [5.74, 6) is 1.08. The Morgan fingerprint density at radius 3 is 2.95 bits per heavy atom. The Kier molecular flexibility index (Phi) is 6.18. The van der Waals surface area contributed by atoms with Crippen LogP contribution in [-0.4, -0.2) is 26.2 Å². The number of hydrogen-bond acceptors (Lipinski definition) is 3. The highest BCUT2D eigenvalue weighted by atomic mass is 16.5. The molecule has 1 aromatic carbocycles. The van der Waals surface area contributed by atoms with Crippen molar-refractivity contribution in [3.63, 3.8) is 0 Å². The second kappa shape index (κ2) is 8.18. The van der Waals surface area contributed by atoms with Crippen molar-refractivity contribution >= 4 is 0 Å². The van der Waals surface area contributed by atoms with Gasteiger partial charge in [-0.3, -0.25) is 0 Å². The van der Waals surface area contributed by atoms with Crippen LogP contribution in [-0.2, 0) is 13.0 Å². The minimum absolute atomic E-state index is 0.870. The van der Waals surface area contributed by atoms with E-state index in [0.29, 0.717) is 0 Å². The SMILES string of the molecule is CCCNCCCNCc1ccc2c(c1)CCCO2. The zero-order valence-corrected chi connectivity index (χ0v) is 12.0. The van der Waals surface area contributed by atoms with Crippen LogP contribution in [0.15, 0.2) is 18.2 Å². The summed E-state index contributed by atoms with van der Waals surface area (Å²) in [7, 11) is 0. The summed E-state index contributed by atoms with van der Waals surface area (Å²) in [6, 6.07) is 6.58. The lowest BCUT2D eigenvalue weighted by atomic mass is 10.0. The lowest BCUT2D eigenvalue weighted by Crippen LogP contribution is -2.22. The van der Waals surface area contributed by atoms with E-state index in [-0.39, 0.29) is 0 Å². The molecule has 1 heterocycles. The Balaban J connectivity index is 1.66. The zero-order valence-electron chi connectivity index (χ0n) is 12.0.